The molecule has 7 nitrogen and oxygen atoms in total. The summed E-state index contributed by atoms with van der Waals surface area (Å²) in [6.45, 7) is 0. The van der Waals surface area contributed by atoms with Gasteiger partial charge in [-0.2, -0.15) is 0 Å². The van der Waals surface area contributed by atoms with E-state index in [1.54, 1.807) is 72.8 Å². The van der Waals surface area contributed by atoms with Crippen molar-refractivity contribution in [3.05, 3.63) is 124 Å². The Balaban J connectivity index is 1.96. The van der Waals surface area contributed by atoms with E-state index in [-0.39, 0.29) is 35.4 Å². The number of aromatic nitrogens is 1. The molecule has 0 amide bonds. The summed E-state index contributed by atoms with van der Waals surface area (Å²) in [4.78, 5) is 26.7. The van der Waals surface area contributed by atoms with Gasteiger partial charge in [-0.25, -0.2) is 13.2 Å². The Morgan fingerprint density at radius 3 is 2.23 bits per heavy atom. The largest absolute Gasteiger partial charge is 0.466 e. The minimum atomic E-state index is -4.33. The molecule has 11 heteroatoms. The average molecular weight is 600 g/mol. The van der Waals surface area contributed by atoms with E-state index in [1.165, 1.54) is 19.2 Å². The predicted octanol–water partition coefficient (Wildman–Crippen LogP) is 3.73. The molecule has 4 aromatic rings. The van der Waals surface area contributed by atoms with Crippen LogP contribution in [0, 0.1) is 0 Å². The molecule has 1 atom stereocenters. The Morgan fingerprint density at radius 2 is 1.59 bits per heavy atom. The van der Waals surface area contributed by atoms with E-state index in [4.69, 9.17) is 33.7 Å². The molecule has 0 spiro atoms. The highest BCUT2D eigenvalue weighted by Crippen LogP contribution is 2.44. The molecule has 39 heavy (non-hydrogen) atoms. The smallest absolute Gasteiger partial charge is 0.337 e. The third-order valence-corrected chi connectivity index (χ3v) is 9.97. The normalized spacial score (nSPS) is 15.8. The number of rotatable bonds is 5. The zero-order valence-electron chi connectivity index (χ0n) is 20.3. The lowest BCUT2D eigenvalue weighted by atomic mass is 9.89. The molecule has 5 rings (SSSR count). The van der Waals surface area contributed by atoms with Gasteiger partial charge in [-0.05, 0) is 41.5 Å². The second-order valence-corrected chi connectivity index (χ2v) is 12.3. The molecule has 3 aromatic carbocycles. The van der Waals surface area contributed by atoms with Gasteiger partial charge in [-0.15, -0.1) is 11.3 Å². The van der Waals surface area contributed by atoms with Gasteiger partial charge in [0.05, 0.1) is 28.0 Å². The van der Waals surface area contributed by atoms with Crippen LogP contribution >= 0.6 is 34.5 Å². The van der Waals surface area contributed by atoms with Gasteiger partial charge in [0.25, 0.3) is 5.56 Å². The highest BCUT2D eigenvalue weighted by molar-refractivity contribution is 7.95. The summed E-state index contributed by atoms with van der Waals surface area (Å²) in [7, 11) is -3.16. The number of ether oxygens (including phenoxy) is 1. The van der Waals surface area contributed by atoms with Crippen molar-refractivity contribution < 1.29 is 17.9 Å². The summed E-state index contributed by atoms with van der Waals surface area (Å²) >= 11 is 13.9. The number of hydrogen-bond acceptors (Lipinski definition) is 7. The number of carbonyl (C=O) groups is 1. The van der Waals surface area contributed by atoms with E-state index in [0.29, 0.717) is 16.1 Å². The number of fused-ring (bicyclic) bond motifs is 1. The molecular formula is C28H20Cl2N2O5S2. The molecule has 1 aromatic heterocycles. The van der Waals surface area contributed by atoms with Gasteiger partial charge >= 0.3 is 5.97 Å². The number of benzene rings is 3. The van der Waals surface area contributed by atoms with Gasteiger partial charge in [0.2, 0.25) is 9.84 Å². The van der Waals surface area contributed by atoms with Crippen LogP contribution in [0.4, 0.5) is 0 Å². The molecule has 0 aliphatic carbocycles. The van der Waals surface area contributed by atoms with Crippen molar-refractivity contribution in [2.24, 2.45) is 5.73 Å². The molecule has 1 aliphatic rings. The van der Waals surface area contributed by atoms with Gasteiger partial charge < -0.3 is 10.5 Å². The first kappa shape index (κ1) is 27.0. The third-order valence-electron chi connectivity index (χ3n) is 6.25. The summed E-state index contributed by atoms with van der Waals surface area (Å²) in [6, 6.07) is 21.1. The third kappa shape index (κ3) is 4.61. The summed E-state index contributed by atoms with van der Waals surface area (Å²) in [5.74, 6) is -2.40. The lowest BCUT2D eigenvalue weighted by Gasteiger charge is -2.28. The van der Waals surface area contributed by atoms with Crippen molar-refractivity contribution in [2.45, 2.75) is 10.8 Å². The van der Waals surface area contributed by atoms with Crippen molar-refractivity contribution in [3.63, 3.8) is 0 Å². The van der Waals surface area contributed by atoms with Crippen LogP contribution in [-0.2, 0) is 19.4 Å². The fraction of sp³-hybridized carbons (Fsp3) is 0.0714. The molecular weight excluding hydrogens is 579 g/mol. The molecule has 0 fully saturated rings. The second-order valence-electron chi connectivity index (χ2n) is 8.50. The topological polar surface area (TPSA) is 108 Å². The first-order chi connectivity index (χ1) is 18.7. The van der Waals surface area contributed by atoms with Gasteiger partial charge in [-0.3, -0.25) is 9.36 Å². The summed E-state index contributed by atoms with van der Waals surface area (Å²) in [6.07, 6.45) is 1.57. The Morgan fingerprint density at radius 1 is 0.974 bits per heavy atom. The maximum Gasteiger partial charge on any atom is 0.337 e. The van der Waals surface area contributed by atoms with Crippen LogP contribution in [0.25, 0.3) is 17.5 Å². The van der Waals surface area contributed by atoms with Crippen molar-refractivity contribution in [1.82, 2.24) is 4.57 Å². The minimum Gasteiger partial charge on any atom is -0.466 e. The number of methoxy groups -OCH3 is 1. The summed E-state index contributed by atoms with van der Waals surface area (Å²) in [5, 5.41) is 0.628. The summed E-state index contributed by atoms with van der Waals surface area (Å²) < 4.78 is 34.7. The van der Waals surface area contributed by atoms with E-state index in [9.17, 15) is 18.0 Å². The average Bonchev–Trinajstić information content (AvgIpc) is 3.25. The standard InChI is InChI=1S/C28H20Cl2N2O5S2/c1-37-28(34)23-22(18-12-6-8-14-20(18)30)24(39(35,36)17-10-3-2-4-11-17)25(31)32-26(33)21(38-27(23)32)15-16-9-5-7-13-19(16)29/h2-15,22H,31H2,1H3/b21-15-. The van der Waals surface area contributed by atoms with Crippen molar-refractivity contribution in [1.29, 1.82) is 0 Å². The van der Waals surface area contributed by atoms with E-state index in [0.717, 1.165) is 15.9 Å². The van der Waals surface area contributed by atoms with E-state index >= 15 is 0 Å². The maximum atomic E-state index is 14.1. The number of esters is 1. The van der Waals surface area contributed by atoms with Crippen LogP contribution in [0.3, 0.4) is 0 Å². The van der Waals surface area contributed by atoms with Gasteiger partial charge in [0.15, 0.2) is 0 Å². The van der Waals surface area contributed by atoms with Crippen LogP contribution in [0.2, 0.25) is 10.0 Å². The van der Waals surface area contributed by atoms with Crippen molar-refractivity contribution in [2.75, 3.05) is 7.11 Å². The number of allylic oxidation sites excluding steroid dienone is 1. The summed E-state index contributed by atoms with van der Waals surface area (Å²) in [5.41, 5.74) is 6.76. The lowest BCUT2D eigenvalue weighted by Crippen LogP contribution is -2.41. The Kier molecular flexibility index (Phi) is 7.26. The van der Waals surface area contributed by atoms with Crippen molar-refractivity contribution >= 4 is 67.8 Å². The number of thiazole rings is 1. The predicted molar refractivity (Wildman–Crippen MR) is 153 cm³/mol. The molecule has 2 N–H and O–H groups in total. The molecule has 1 unspecified atom stereocenters. The molecule has 1 aliphatic heterocycles. The molecule has 0 saturated carbocycles. The maximum absolute atomic E-state index is 14.1. The number of hydrogen-bond donors (Lipinski definition) is 1. The molecule has 198 valence electrons. The minimum absolute atomic E-state index is 0.0567. The monoisotopic (exact) mass is 598 g/mol. The fourth-order valence-corrected chi connectivity index (χ4v) is 7.75. The van der Waals surface area contributed by atoms with E-state index < -0.39 is 27.3 Å². The molecule has 0 saturated heterocycles. The number of halogens is 2. The van der Waals surface area contributed by atoms with Crippen LogP contribution < -0.4 is 20.5 Å². The zero-order chi connectivity index (χ0) is 27.9. The number of nitrogens with two attached hydrogens (primary N) is 1. The first-order valence-electron chi connectivity index (χ1n) is 11.5. The zero-order valence-corrected chi connectivity index (χ0v) is 23.4. The first-order valence-corrected chi connectivity index (χ1v) is 14.6. The Bertz CT molecular complexity index is 1950. The molecule has 0 bridgehead atoms. The Hall–Kier alpha value is -3.63. The molecule has 0 radical (unpaired) electrons. The number of sulfone groups is 1. The second kappa shape index (κ2) is 10.5. The van der Waals surface area contributed by atoms with Crippen molar-refractivity contribution in [3.8, 4) is 0 Å². The van der Waals surface area contributed by atoms with Crippen LogP contribution in [-0.4, -0.2) is 26.1 Å². The highest BCUT2D eigenvalue weighted by Gasteiger charge is 2.43. The highest BCUT2D eigenvalue weighted by atomic mass is 35.5. The van der Waals surface area contributed by atoms with Crippen LogP contribution in [0.15, 0.2) is 93.5 Å². The SMILES string of the molecule is COC(=O)C1=c2s/c(=C\c3ccccc3Cl)c(=O)n2C(N)=C(S(=O)(=O)c2ccccc2)C1c1ccccc1Cl. The van der Waals surface area contributed by atoms with Crippen LogP contribution in [0.5, 0.6) is 0 Å². The van der Waals surface area contributed by atoms with Crippen LogP contribution in [0.1, 0.15) is 17.0 Å². The fourth-order valence-electron chi connectivity index (χ4n) is 4.47. The van der Waals surface area contributed by atoms with Gasteiger partial charge in [-0.1, -0.05) is 77.8 Å². The quantitative estimate of drug-likeness (QED) is 0.351. The van der Waals surface area contributed by atoms with Gasteiger partial charge in [0, 0.05) is 10.0 Å². The number of carbonyl (C=O) groups excluding carboxylic acids is 1. The number of nitrogens with zero attached hydrogens (tertiary/aromatic N) is 1. The van der Waals surface area contributed by atoms with E-state index in [1.807, 2.05) is 0 Å². The van der Waals surface area contributed by atoms with E-state index in [2.05, 4.69) is 0 Å². The van der Waals surface area contributed by atoms with Gasteiger partial charge in [0.1, 0.15) is 15.4 Å². The Labute approximate surface area is 237 Å². The lowest BCUT2D eigenvalue weighted by molar-refractivity contribution is -0.134. The molecule has 2 heterocycles.